The number of pyridine rings is 1. The molecule has 2 heterocycles. The Morgan fingerprint density at radius 3 is 2.35 bits per heavy atom. The van der Waals surface area contributed by atoms with Gasteiger partial charge >= 0.3 is 0 Å². The second-order valence-electron chi connectivity index (χ2n) is 9.15. The molecule has 0 spiro atoms. The predicted octanol–water partition coefficient (Wildman–Crippen LogP) is 5.40. The second-order valence-corrected chi connectivity index (χ2v) is 9.15. The van der Waals surface area contributed by atoms with Gasteiger partial charge in [0.25, 0.3) is 11.7 Å². The third-order valence-electron chi connectivity index (χ3n) is 5.81. The van der Waals surface area contributed by atoms with Crippen LogP contribution in [0.2, 0.25) is 0 Å². The maximum absolute atomic E-state index is 13.3. The molecule has 1 fully saturated rings. The average molecular weight is 457 g/mol. The highest BCUT2D eigenvalue weighted by molar-refractivity contribution is 6.51. The first-order chi connectivity index (χ1) is 16.2. The van der Waals surface area contributed by atoms with Crippen molar-refractivity contribution < 1.29 is 19.4 Å². The van der Waals surface area contributed by atoms with Gasteiger partial charge in [-0.2, -0.15) is 0 Å². The monoisotopic (exact) mass is 456 g/mol. The SMILES string of the molecule is CCOc1ccc(/C(O)=C2/C(=O)C(=O)N(c3ccccc3)C2c2ccccn2)cc1C(C)(C)C. The molecular formula is C28H28N2O4. The zero-order valence-corrected chi connectivity index (χ0v) is 19.8. The molecule has 174 valence electrons. The quantitative estimate of drug-likeness (QED) is 0.316. The summed E-state index contributed by atoms with van der Waals surface area (Å²) in [5.41, 5.74) is 2.13. The highest BCUT2D eigenvalue weighted by atomic mass is 16.5. The van der Waals surface area contributed by atoms with Crippen molar-refractivity contribution in [3.05, 3.63) is 95.3 Å². The van der Waals surface area contributed by atoms with Gasteiger partial charge in [0.05, 0.1) is 17.9 Å². The number of hydrogen-bond donors (Lipinski definition) is 1. The number of benzene rings is 2. The number of carbonyl (C=O) groups is 2. The third kappa shape index (κ3) is 4.19. The summed E-state index contributed by atoms with van der Waals surface area (Å²) in [4.78, 5) is 32.3. The number of aliphatic hydroxyl groups excluding tert-OH is 1. The Hall–Kier alpha value is -3.93. The third-order valence-corrected chi connectivity index (χ3v) is 5.81. The van der Waals surface area contributed by atoms with Crippen molar-refractivity contribution in [1.82, 2.24) is 4.98 Å². The highest BCUT2D eigenvalue weighted by Crippen LogP contribution is 2.42. The molecule has 2 aromatic carbocycles. The van der Waals surface area contributed by atoms with E-state index in [4.69, 9.17) is 4.74 Å². The Kier molecular flexibility index (Phi) is 6.24. The summed E-state index contributed by atoms with van der Waals surface area (Å²) < 4.78 is 5.79. The van der Waals surface area contributed by atoms with E-state index < -0.39 is 17.7 Å². The fraction of sp³-hybridized carbons (Fsp3) is 0.250. The van der Waals surface area contributed by atoms with Gasteiger partial charge in [0.1, 0.15) is 17.6 Å². The Bertz CT molecular complexity index is 1240. The number of ketones is 1. The number of nitrogens with zero attached hydrogens (tertiary/aromatic N) is 2. The molecule has 1 aromatic heterocycles. The van der Waals surface area contributed by atoms with Crippen LogP contribution in [0.25, 0.3) is 5.76 Å². The van der Waals surface area contributed by atoms with Crippen molar-refractivity contribution in [3.63, 3.8) is 0 Å². The topological polar surface area (TPSA) is 79.7 Å². The lowest BCUT2D eigenvalue weighted by Crippen LogP contribution is -2.29. The van der Waals surface area contributed by atoms with Crippen molar-refractivity contribution in [3.8, 4) is 5.75 Å². The fourth-order valence-electron chi connectivity index (χ4n) is 4.21. The van der Waals surface area contributed by atoms with Gasteiger partial charge in [-0.15, -0.1) is 0 Å². The standard InChI is InChI=1S/C28H28N2O4/c1-5-34-22-15-14-18(17-20(22)28(2,3)4)25(31)23-24(21-13-9-10-16-29-21)30(27(33)26(23)32)19-11-7-6-8-12-19/h6-17,24,31H,5H2,1-4H3/b25-23-. The van der Waals surface area contributed by atoms with Crippen LogP contribution in [0.1, 0.15) is 50.6 Å². The molecule has 0 saturated carbocycles. The first kappa shape index (κ1) is 23.2. The van der Waals surface area contributed by atoms with Crippen molar-refractivity contribution in [2.24, 2.45) is 0 Å². The number of amides is 1. The van der Waals surface area contributed by atoms with Gasteiger partial charge in [-0.25, -0.2) is 0 Å². The van der Waals surface area contributed by atoms with Crippen LogP contribution in [-0.4, -0.2) is 28.4 Å². The average Bonchev–Trinajstić information content (AvgIpc) is 3.10. The zero-order chi connectivity index (χ0) is 24.5. The summed E-state index contributed by atoms with van der Waals surface area (Å²) in [5, 5.41) is 11.4. The number of anilines is 1. The van der Waals surface area contributed by atoms with Gasteiger partial charge in [-0.05, 0) is 54.8 Å². The lowest BCUT2D eigenvalue weighted by atomic mass is 9.84. The minimum Gasteiger partial charge on any atom is -0.507 e. The first-order valence-electron chi connectivity index (χ1n) is 11.3. The van der Waals surface area contributed by atoms with Gasteiger partial charge in [-0.1, -0.05) is 45.0 Å². The molecule has 1 aliphatic heterocycles. The Balaban J connectivity index is 1.93. The van der Waals surface area contributed by atoms with E-state index in [1.54, 1.807) is 60.8 Å². The van der Waals surface area contributed by atoms with E-state index in [1.165, 1.54) is 4.90 Å². The number of aliphatic hydroxyl groups is 1. The fourth-order valence-corrected chi connectivity index (χ4v) is 4.21. The van der Waals surface area contributed by atoms with Crippen LogP contribution >= 0.6 is 0 Å². The number of aromatic nitrogens is 1. The zero-order valence-electron chi connectivity index (χ0n) is 19.8. The molecule has 34 heavy (non-hydrogen) atoms. The van der Waals surface area contributed by atoms with E-state index in [0.29, 0.717) is 23.6 Å². The Morgan fingerprint density at radius 2 is 1.74 bits per heavy atom. The van der Waals surface area contributed by atoms with Crippen LogP contribution in [0, 0.1) is 0 Å². The number of para-hydroxylation sites is 1. The maximum Gasteiger partial charge on any atom is 0.300 e. The molecule has 1 amide bonds. The number of carbonyl (C=O) groups excluding carboxylic acids is 2. The van der Waals surface area contributed by atoms with Gasteiger partial charge in [0.2, 0.25) is 0 Å². The highest BCUT2D eigenvalue weighted by Gasteiger charge is 2.47. The molecular weight excluding hydrogens is 428 g/mol. The largest absolute Gasteiger partial charge is 0.507 e. The van der Waals surface area contributed by atoms with Crippen LogP contribution in [-0.2, 0) is 15.0 Å². The molecule has 1 atom stereocenters. The van der Waals surface area contributed by atoms with E-state index in [0.717, 1.165) is 11.3 Å². The van der Waals surface area contributed by atoms with Crippen LogP contribution in [0.4, 0.5) is 5.69 Å². The van der Waals surface area contributed by atoms with E-state index in [2.05, 4.69) is 25.8 Å². The van der Waals surface area contributed by atoms with Crippen molar-refractivity contribution >= 4 is 23.1 Å². The molecule has 0 aliphatic carbocycles. The molecule has 6 nitrogen and oxygen atoms in total. The molecule has 4 rings (SSSR count). The van der Waals surface area contributed by atoms with Crippen molar-refractivity contribution in [1.29, 1.82) is 0 Å². The molecule has 1 aliphatic rings. The molecule has 1 unspecified atom stereocenters. The summed E-state index contributed by atoms with van der Waals surface area (Å²) in [6.45, 7) is 8.58. The maximum atomic E-state index is 13.3. The summed E-state index contributed by atoms with van der Waals surface area (Å²) in [6, 6.07) is 18.7. The van der Waals surface area contributed by atoms with E-state index in [9.17, 15) is 14.7 Å². The molecule has 6 heteroatoms. The van der Waals surface area contributed by atoms with Gasteiger partial charge in [-0.3, -0.25) is 19.5 Å². The molecule has 3 aromatic rings. The van der Waals surface area contributed by atoms with Crippen LogP contribution in [0.3, 0.4) is 0 Å². The predicted molar refractivity (Wildman–Crippen MR) is 132 cm³/mol. The minimum absolute atomic E-state index is 0.0107. The summed E-state index contributed by atoms with van der Waals surface area (Å²) in [5.74, 6) is -0.966. The minimum atomic E-state index is -0.853. The summed E-state index contributed by atoms with van der Waals surface area (Å²) in [6.07, 6.45) is 1.61. The number of hydrogen-bond acceptors (Lipinski definition) is 5. The van der Waals surface area contributed by atoms with Crippen molar-refractivity contribution in [2.45, 2.75) is 39.2 Å². The summed E-state index contributed by atoms with van der Waals surface area (Å²) in [7, 11) is 0. The van der Waals surface area contributed by atoms with Crippen LogP contribution < -0.4 is 9.64 Å². The number of Topliss-reactive ketones (excluding diaryl/α,β-unsaturated/α-hetero) is 1. The molecule has 0 bridgehead atoms. The van der Waals surface area contributed by atoms with Crippen molar-refractivity contribution in [2.75, 3.05) is 11.5 Å². The normalized spacial score (nSPS) is 17.8. The van der Waals surface area contributed by atoms with Gasteiger partial charge in [0, 0.05) is 23.0 Å². The first-order valence-corrected chi connectivity index (χ1v) is 11.3. The van der Waals surface area contributed by atoms with E-state index >= 15 is 0 Å². The Labute approximate surface area is 199 Å². The van der Waals surface area contributed by atoms with Gasteiger partial charge in [0.15, 0.2) is 0 Å². The smallest absolute Gasteiger partial charge is 0.300 e. The molecule has 1 N–H and O–H groups in total. The Morgan fingerprint density at radius 1 is 1.03 bits per heavy atom. The van der Waals surface area contributed by atoms with E-state index in [1.807, 2.05) is 19.1 Å². The second kappa shape index (κ2) is 9.14. The summed E-state index contributed by atoms with van der Waals surface area (Å²) >= 11 is 0. The van der Waals surface area contributed by atoms with Crippen LogP contribution in [0.15, 0.2) is 78.5 Å². The molecule has 0 radical (unpaired) electrons. The lowest BCUT2D eigenvalue weighted by molar-refractivity contribution is -0.132. The molecule has 1 saturated heterocycles. The van der Waals surface area contributed by atoms with E-state index in [-0.39, 0.29) is 16.7 Å². The van der Waals surface area contributed by atoms with Crippen LogP contribution in [0.5, 0.6) is 5.75 Å². The number of ether oxygens (including phenoxy) is 1. The number of rotatable bonds is 5. The lowest BCUT2D eigenvalue weighted by Gasteiger charge is -2.25. The van der Waals surface area contributed by atoms with Gasteiger partial charge < -0.3 is 9.84 Å².